The van der Waals surface area contributed by atoms with E-state index >= 15 is 0 Å². The predicted molar refractivity (Wildman–Crippen MR) is 93.8 cm³/mol. The van der Waals surface area contributed by atoms with Gasteiger partial charge < -0.3 is 0 Å². The van der Waals surface area contributed by atoms with Gasteiger partial charge in [0.15, 0.2) is 0 Å². The van der Waals surface area contributed by atoms with Gasteiger partial charge in [-0.2, -0.15) is 0 Å². The zero-order valence-electron chi connectivity index (χ0n) is 13.7. The van der Waals surface area contributed by atoms with Crippen LogP contribution in [0, 0.1) is 5.92 Å². The SMILES string of the molecule is CCc1ccc2cc3c(cc2c1)C1(CC(=O)C3)CC2=CCC1C2. The highest BCUT2D eigenvalue weighted by molar-refractivity contribution is 5.91. The molecule has 2 aromatic rings. The van der Waals surface area contributed by atoms with E-state index in [1.165, 1.54) is 40.3 Å². The average Bonchev–Trinajstić information content (AvgIpc) is 3.14. The second-order valence-corrected chi connectivity index (χ2v) is 7.77. The van der Waals surface area contributed by atoms with E-state index < -0.39 is 0 Å². The minimum atomic E-state index is 0.116. The normalized spacial score (nSPS) is 28.5. The van der Waals surface area contributed by atoms with E-state index in [2.05, 4.69) is 43.3 Å². The van der Waals surface area contributed by atoms with Gasteiger partial charge in [-0.3, -0.25) is 4.79 Å². The van der Waals surface area contributed by atoms with E-state index in [0.29, 0.717) is 18.1 Å². The van der Waals surface area contributed by atoms with Gasteiger partial charge in [-0.15, -0.1) is 0 Å². The van der Waals surface area contributed by atoms with Crippen LogP contribution in [-0.2, 0) is 23.1 Å². The Balaban J connectivity index is 1.75. The minimum absolute atomic E-state index is 0.116. The molecule has 1 spiro atoms. The number of ketones is 1. The average molecular weight is 302 g/mol. The standard InChI is InChI=1S/C22H22O/c1-2-14-3-5-16-9-18-10-20(23)13-22(21(18)11-17(16)7-14)12-15-4-6-19(22)8-15/h3-5,7,9,11,19H,2,6,8,10,12-13H2,1H3. The summed E-state index contributed by atoms with van der Waals surface area (Å²) in [6.07, 6.45) is 8.41. The lowest BCUT2D eigenvalue weighted by atomic mass is 9.62. The zero-order chi connectivity index (χ0) is 15.6. The summed E-state index contributed by atoms with van der Waals surface area (Å²) in [5.74, 6) is 1.10. The summed E-state index contributed by atoms with van der Waals surface area (Å²) in [4.78, 5) is 12.5. The Morgan fingerprint density at radius 2 is 2.04 bits per heavy atom. The third-order valence-corrected chi connectivity index (χ3v) is 6.50. The van der Waals surface area contributed by atoms with Crippen molar-refractivity contribution >= 4 is 16.6 Å². The molecular formula is C22H22O. The number of fused-ring (bicyclic) bond motifs is 6. The van der Waals surface area contributed by atoms with E-state index in [9.17, 15) is 4.79 Å². The molecular weight excluding hydrogens is 280 g/mol. The molecule has 0 N–H and O–H groups in total. The first kappa shape index (κ1) is 13.5. The lowest BCUT2D eigenvalue weighted by Gasteiger charge is -2.41. The number of allylic oxidation sites excluding steroid dienone is 2. The van der Waals surface area contributed by atoms with Gasteiger partial charge in [-0.25, -0.2) is 0 Å². The molecule has 0 amide bonds. The highest BCUT2D eigenvalue weighted by Crippen LogP contribution is 2.58. The fourth-order valence-corrected chi connectivity index (χ4v) is 5.37. The quantitative estimate of drug-likeness (QED) is 0.685. The Kier molecular flexibility index (Phi) is 2.69. The number of Topliss-reactive ketones (excluding diaryl/α,β-unsaturated/α-hetero) is 1. The molecule has 2 aromatic carbocycles. The lowest BCUT2D eigenvalue weighted by molar-refractivity contribution is -0.120. The monoisotopic (exact) mass is 302 g/mol. The fraction of sp³-hybridized carbons (Fsp3) is 0.409. The zero-order valence-corrected chi connectivity index (χ0v) is 13.7. The van der Waals surface area contributed by atoms with Crippen LogP contribution in [-0.4, -0.2) is 5.78 Å². The molecule has 2 atom stereocenters. The molecule has 116 valence electrons. The highest BCUT2D eigenvalue weighted by atomic mass is 16.1. The Morgan fingerprint density at radius 1 is 1.13 bits per heavy atom. The van der Waals surface area contributed by atoms with Crippen LogP contribution in [0.5, 0.6) is 0 Å². The molecule has 0 radical (unpaired) electrons. The first-order valence-corrected chi connectivity index (χ1v) is 8.93. The number of hydrogen-bond donors (Lipinski definition) is 0. The Bertz CT molecular complexity index is 873. The summed E-state index contributed by atoms with van der Waals surface area (Å²) in [6, 6.07) is 11.5. The Labute approximate surface area is 137 Å². The van der Waals surface area contributed by atoms with E-state index in [1.807, 2.05) is 0 Å². The summed E-state index contributed by atoms with van der Waals surface area (Å²) in [5.41, 5.74) is 5.90. The first-order chi connectivity index (χ1) is 11.2. The van der Waals surface area contributed by atoms with Crippen LogP contribution in [0.4, 0.5) is 0 Å². The number of carbonyl (C=O) groups excluding carboxylic acids is 1. The third-order valence-electron chi connectivity index (χ3n) is 6.50. The highest BCUT2D eigenvalue weighted by Gasteiger charge is 2.51. The molecule has 3 aliphatic rings. The van der Waals surface area contributed by atoms with Crippen LogP contribution < -0.4 is 0 Å². The van der Waals surface area contributed by atoms with Crippen molar-refractivity contribution in [3.63, 3.8) is 0 Å². The molecule has 3 aliphatic carbocycles. The van der Waals surface area contributed by atoms with Crippen LogP contribution >= 0.6 is 0 Å². The molecule has 1 nitrogen and oxygen atoms in total. The van der Waals surface area contributed by atoms with Crippen molar-refractivity contribution < 1.29 is 4.79 Å². The number of benzene rings is 2. The summed E-state index contributed by atoms with van der Waals surface area (Å²) in [7, 11) is 0. The number of rotatable bonds is 1. The summed E-state index contributed by atoms with van der Waals surface area (Å²) >= 11 is 0. The van der Waals surface area contributed by atoms with Crippen LogP contribution in [0.1, 0.15) is 49.3 Å². The smallest absolute Gasteiger partial charge is 0.138 e. The van der Waals surface area contributed by atoms with Crippen molar-refractivity contribution in [2.24, 2.45) is 5.92 Å². The maximum Gasteiger partial charge on any atom is 0.138 e. The van der Waals surface area contributed by atoms with E-state index in [0.717, 1.165) is 19.3 Å². The van der Waals surface area contributed by atoms with Gasteiger partial charge in [-0.05, 0) is 59.1 Å². The Hall–Kier alpha value is -1.89. The first-order valence-electron chi connectivity index (χ1n) is 8.93. The van der Waals surface area contributed by atoms with Crippen LogP contribution in [0.3, 0.4) is 0 Å². The van der Waals surface area contributed by atoms with E-state index in [4.69, 9.17) is 0 Å². The molecule has 2 unspecified atom stereocenters. The van der Waals surface area contributed by atoms with Crippen molar-refractivity contribution in [1.82, 2.24) is 0 Å². The molecule has 2 bridgehead atoms. The predicted octanol–water partition coefficient (Wildman–Crippen LogP) is 4.90. The molecule has 1 heteroatoms. The molecule has 5 rings (SSSR count). The van der Waals surface area contributed by atoms with Crippen molar-refractivity contribution in [3.05, 3.63) is 58.7 Å². The largest absolute Gasteiger partial charge is 0.299 e. The van der Waals surface area contributed by atoms with Gasteiger partial charge >= 0.3 is 0 Å². The summed E-state index contributed by atoms with van der Waals surface area (Å²) < 4.78 is 0. The molecule has 0 saturated heterocycles. The number of aryl methyl sites for hydroxylation is 1. The second-order valence-electron chi connectivity index (χ2n) is 7.77. The second kappa shape index (κ2) is 4.56. The van der Waals surface area contributed by atoms with Gasteiger partial charge in [0, 0.05) is 18.3 Å². The molecule has 1 fully saturated rings. The number of hydrogen-bond acceptors (Lipinski definition) is 1. The van der Waals surface area contributed by atoms with Gasteiger partial charge in [0.1, 0.15) is 5.78 Å². The van der Waals surface area contributed by atoms with Crippen LogP contribution in [0.25, 0.3) is 10.8 Å². The van der Waals surface area contributed by atoms with Crippen molar-refractivity contribution in [2.45, 2.75) is 50.9 Å². The van der Waals surface area contributed by atoms with Crippen molar-refractivity contribution in [3.8, 4) is 0 Å². The third kappa shape index (κ3) is 1.83. The van der Waals surface area contributed by atoms with Gasteiger partial charge in [0.25, 0.3) is 0 Å². The maximum atomic E-state index is 12.5. The lowest BCUT2D eigenvalue weighted by Crippen LogP contribution is -2.39. The van der Waals surface area contributed by atoms with Crippen molar-refractivity contribution in [1.29, 1.82) is 0 Å². The summed E-state index contributed by atoms with van der Waals surface area (Å²) in [6.45, 7) is 2.21. The van der Waals surface area contributed by atoms with Crippen molar-refractivity contribution in [2.75, 3.05) is 0 Å². The molecule has 0 aromatic heterocycles. The minimum Gasteiger partial charge on any atom is -0.299 e. The van der Waals surface area contributed by atoms with Gasteiger partial charge in [-0.1, -0.05) is 48.9 Å². The van der Waals surface area contributed by atoms with E-state index in [-0.39, 0.29) is 5.41 Å². The van der Waals surface area contributed by atoms with Gasteiger partial charge in [0.2, 0.25) is 0 Å². The van der Waals surface area contributed by atoms with E-state index in [1.54, 1.807) is 5.57 Å². The molecule has 23 heavy (non-hydrogen) atoms. The van der Waals surface area contributed by atoms with Crippen LogP contribution in [0.15, 0.2) is 42.0 Å². The molecule has 0 aliphatic heterocycles. The fourth-order valence-electron chi connectivity index (χ4n) is 5.37. The molecule has 1 saturated carbocycles. The molecule has 0 heterocycles. The summed E-state index contributed by atoms with van der Waals surface area (Å²) in [5, 5.41) is 2.64. The number of carbonyl (C=O) groups is 1. The Morgan fingerprint density at radius 3 is 2.78 bits per heavy atom. The van der Waals surface area contributed by atoms with Crippen LogP contribution in [0.2, 0.25) is 0 Å². The van der Waals surface area contributed by atoms with Gasteiger partial charge in [0.05, 0.1) is 0 Å². The maximum absolute atomic E-state index is 12.5. The topological polar surface area (TPSA) is 17.1 Å².